The summed E-state index contributed by atoms with van der Waals surface area (Å²) in [4.78, 5) is 0.284. The molecule has 0 aliphatic heterocycles. The molecule has 0 radical (unpaired) electrons. The summed E-state index contributed by atoms with van der Waals surface area (Å²) >= 11 is 0. The first-order valence-electron chi connectivity index (χ1n) is 7.45. The number of aryl methyl sites for hydroxylation is 1. The highest BCUT2D eigenvalue weighted by molar-refractivity contribution is 7.92. The lowest BCUT2D eigenvalue weighted by Crippen LogP contribution is -2.15. The van der Waals surface area contributed by atoms with Crippen LogP contribution in [0, 0.1) is 0 Å². The Morgan fingerprint density at radius 2 is 1.55 bits per heavy atom. The van der Waals surface area contributed by atoms with E-state index in [2.05, 4.69) is 25.5 Å². The van der Waals surface area contributed by atoms with Crippen LogP contribution < -0.4 is 4.72 Å². The van der Waals surface area contributed by atoms with E-state index in [1.165, 1.54) is 0 Å². The Balaban J connectivity index is 2.31. The van der Waals surface area contributed by atoms with Gasteiger partial charge in [-0.1, -0.05) is 58.0 Å². The van der Waals surface area contributed by atoms with E-state index in [4.69, 9.17) is 0 Å². The van der Waals surface area contributed by atoms with Crippen LogP contribution in [0.1, 0.15) is 38.8 Å². The fourth-order valence-corrected chi connectivity index (χ4v) is 3.37. The largest absolute Gasteiger partial charge is 0.279 e. The van der Waals surface area contributed by atoms with Crippen LogP contribution in [0.15, 0.2) is 53.4 Å². The van der Waals surface area contributed by atoms with Gasteiger partial charge in [0.15, 0.2) is 0 Å². The molecule has 0 unspecified atom stereocenters. The Morgan fingerprint density at radius 1 is 0.955 bits per heavy atom. The van der Waals surface area contributed by atoms with Crippen molar-refractivity contribution in [1.82, 2.24) is 0 Å². The van der Waals surface area contributed by atoms with E-state index < -0.39 is 10.0 Å². The second kappa shape index (κ2) is 6.13. The van der Waals surface area contributed by atoms with Gasteiger partial charge in [-0.05, 0) is 41.2 Å². The molecule has 3 nitrogen and oxygen atoms in total. The molecule has 0 aliphatic carbocycles. The van der Waals surface area contributed by atoms with Crippen molar-refractivity contribution in [3.05, 3.63) is 59.7 Å². The van der Waals surface area contributed by atoms with Gasteiger partial charge >= 0.3 is 0 Å². The molecular weight excluding hydrogens is 294 g/mol. The number of nitrogens with one attached hydrogen (secondary N) is 1. The fourth-order valence-electron chi connectivity index (χ4n) is 2.27. The number of anilines is 1. The summed E-state index contributed by atoms with van der Waals surface area (Å²) in [5, 5.41) is 0. The lowest BCUT2D eigenvalue weighted by molar-refractivity contribution is 0.587. The lowest BCUT2D eigenvalue weighted by atomic mass is 9.87. The Hall–Kier alpha value is -1.81. The van der Waals surface area contributed by atoms with Crippen molar-refractivity contribution in [2.45, 2.75) is 44.4 Å². The molecule has 2 rings (SSSR count). The molecule has 0 bridgehead atoms. The summed E-state index contributed by atoms with van der Waals surface area (Å²) < 4.78 is 27.7. The predicted molar refractivity (Wildman–Crippen MR) is 91.8 cm³/mol. The summed E-state index contributed by atoms with van der Waals surface area (Å²) in [7, 11) is -3.56. The highest BCUT2D eigenvalue weighted by Gasteiger charge is 2.18. The fraction of sp³-hybridized carbons (Fsp3) is 0.333. The van der Waals surface area contributed by atoms with Gasteiger partial charge in [-0.2, -0.15) is 0 Å². The van der Waals surface area contributed by atoms with Gasteiger partial charge in [0.25, 0.3) is 10.0 Å². The molecule has 2 aromatic carbocycles. The van der Waals surface area contributed by atoms with Crippen molar-refractivity contribution in [3.63, 3.8) is 0 Å². The van der Waals surface area contributed by atoms with E-state index in [-0.39, 0.29) is 10.3 Å². The lowest BCUT2D eigenvalue weighted by Gasteiger charge is -2.19. The van der Waals surface area contributed by atoms with Crippen LogP contribution in [0.5, 0.6) is 0 Å². The molecule has 118 valence electrons. The first-order valence-corrected chi connectivity index (χ1v) is 8.93. The highest BCUT2D eigenvalue weighted by Crippen LogP contribution is 2.25. The van der Waals surface area contributed by atoms with Crippen LogP contribution in [0.25, 0.3) is 0 Å². The topological polar surface area (TPSA) is 46.2 Å². The van der Waals surface area contributed by atoms with E-state index in [0.29, 0.717) is 5.69 Å². The molecule has 4 heteroatoms. The molecule has 0 amide bonds. The van der Waals surface area contributed by atoms with E-state index >= 15 is 0 Å². The zero-order valence-electron chi connectivity index (χ0n) is 13.6. The number of hydrogen-bond acceptors (Lipinski definition) is 2. The minimum Gasteiger partial charge on any atom is -0.279 e. The third-order valence-electron chi connectivity index (χ3n) is 3.67. The summed E-state index contributed by atoms with van der Waals surface area (Å²) in [6.45, 7) is 8.32. The van der Waals surface area contributed by atoms with Gasteiger partial charge in [0.2, 0.25) is 0 Å². The molecule has 1 N–H and O–H groups in total. The SMILES string of the molecule is CCc1ccccc1NS(=O)(=O)c1ccc(C(C)(C)C)cc1. The molecular formula is C18H23NO2S. The van der Waals surface area contributed by atoms with Gasteiger partial charge in [-0.3, -0.25) is 4.72 Å². The van der Waals surface area contributed by atoms with Crippen LogP contribution in [-0.4, -0.2) is 8.42 Å². The third kappa shape index (κ3) is 3.69. The first-order chi connectivity index (χ1) is 10.2. The standard InChI is InChI=1S/C18H23NO2S/c1-5-14-8-6-7-9-17(14)19-22(20,21)16-12-10-15(11-13-16)18(2,3)4/h6-13,19H,5H2,1-4H3. The van der Waals surface area contributed by atoms with E-state index in [9.17, 15) is 8.42 Å². The zero-order valence-corrected chi connectivity index (χ0v) is 14.4. The molecule has 0 fully saturated rings. The maximum absolute atomic E-state index is 12.5. The minimum atomic E-state index is -3.56. The third-order valence-corrected chi connectivity index (χ3v) is 5.05. The van der Waals surface area contributed by atoms with E-state index in [0.717, 1.165) is 17.5 Å². The van der Waals surface area contributed by atoms with Gasteiger partial charge in [0, 0.05) is 0 Å². The van der Waals surface area contributed by atoms with Crippen molar-refractivity contribution >= 4 is 15.7 Å². The quantitative estimate of drug-likeness (QED) is 0.911. The normalized spacial score (nSPS) is 12.2. The van der Waals surface area contributed by atoms with Crippen LogP contribution in [-0.2, 0) is 21.9 Å². The van der Waals surface area contributed by atoms with E-state index in [1.54, 1.807) is 18.2 Å². The number of benzene rings is 2. The molecule has 2 aromatic rings. The maximum atomic E-state index is 12.5. The van der Waals surface area contributed by atoms with Crippen molar-refractivity contribution in [2.24, 2.45) is 0 Å². The average Bonchev–Trinajstić information content (AvgIpc) is 2.47. The molecule has 0 saturated carbocycles. The van der Waals surface area contributed by atoms with Gasteiger partial charge in [0.1, 0.15) is 0 Å². The zero-order chi connectivity index (χ0) is 16.4. The second-order valence-corrected chi connectivity index (χ2v) is 8.07. The van der Waals surface area contributed by atoms with Crippen molar-refractivity contribution in [1.29, 1.82) is 0 Å². The van der Waals surface area contributed by atoms with Crippen LogP contribution in [0.4, 0.5) is 5.69 Å². The van der Waals surface area contributed by atoms with Crippen molar-refractivity contribution in [2.75, 3.05) is 4.72 Å². The van der Waals surface area contributed by atoms with Crippen LogP contribution >= 0.6 is 0 Å². The molecule has 0 heterocycles. The van der Waals surface area contributed by atoms with Crippen LogP contribution in [0.2, 0.25) is 0 Å². The number of sulfonamides is 1. The summed E-state index contributed by atoms with van der Waals surface area (Å²) in [6, 6.07) is 14.5. The highest BCUT2D eigenvalue weighted by atomic mass is 32.2. The summed E-state index contributed by atoms with van der Waals surface area (Å²) in [5.41, 5.74) is 2.74. The van der Waals surface area contributed by atoms with Crippen LogP contribution in [0.3, 0.4) is 0 Å². The monoisotopic (exact) mass is 317 g/mol. The number of para-hydroxylation sites is 1. The molecule has 0 aromatic heterocycles. The number of rotatable bonds is 4. The molecule has 0 spiro atoms. The Labute approximate surface area is 133 Å². The van der Waals surface area contributed by atoms with Gasteiger partial charge in [0.05, 0.1) is 10.6 Å². The van der Waals surface area contributed by atoms with Crippen molar-refractivity contribution in [3.8, 4) is 0 Å². The molecule has 0 aliphatic rings. The Kier molecular flexibility index (Phi) is 4.61. The van der Waals surface area contributed by atoms with Crippen molar-refractivity contribution < 1.29 is 8.42 Å². The van der Waals surface area contributed by atoms with Gasteiger partial charge in [-0.25, -0.2) is 8.42 Å². The minimum absolute atomic E-state index is 0.00449. The summed E-state index contributed by atoms with van der Waals surface area (Å²) in [6.07, 6.45) is 0.779. The van der Waals surface area contributed by atoms with Gasteiger partial charge < -0.3 is 0 Å². The maximum Gasteiger partial charge on any atom is 0.261 e. The number of hydrogen-bond donors (Lipinski definition) is 1. The molecule has 22 heavy (non-hydrogen) atoms. The average molecular weight is 317 g/mol. The van der Waals surface area contributed by atoms with E-state index in [1.807, 2.05) is 37.3 Å². The first kappa shape index (κ1) is 16.6. The van der Waals surface area contributed by atoms with Gasteiger partial charge in [-0.15, -0.1) is 0 Å². The Morgan fingerprint density at radius 3 is 2.09 bits per heavy atom. The smallest absolute Gasteiger partial charge is 0.261 e. The second-order valence-electron chi connectivity index (χ2n) is 6.39. The summed E-state index contributed by atoms with van der Waals surface area (Å²) in [5.74, 6) is 0. The molecule has 0 atom stereocenters. The predicted octanol–water partition coefficient (Wildman–Crippen LogP) is 4.35. The Bertz CT molecular complexity index is 741. The molecule has 0 saturated heterocycles.